The topological polar surface area (TPSA) is 121 Å². The number of likely N-dealkylation sites (tertiary alicyclic amines) is 1. The summed E-state index contributed by atoms with van der Waals surface area (Å²) in [6.45, 7) is 1.94. The predicted octanol–water partition coefficient (Wildman–Crippen LogP) is 3.59. The van der Waals surface area contributed by atoms with Crippen LogP contribution >= 0.6 is 11.6 Å². The number of fused-ring (bicyclic) bond motifs is 1. The normalized spacial score (nSPS) is 14.7. The number of ether oxygens (including phenoxy) is 1. The van der Waals surface area contributed by atoms with E-state index in [0.29, 0.717) is 33.8 Å². The number of nitrogens with zero attached hydrogens (tertiary/aromatic N) is 5. The zero-order valence-corrected chi connectivity index (χ0v) is 19.9. The summed E-state index contributed by atoms with van der Waals surface area (Å²) >= 11 is 6.49. The lowest BCUT2D eigenvalue weighted by molar-refractivity contribution is -0.118. The van der Waals surface area contributed by atoms with Crippen molar-refractivity contribution in [3.05, 3.63) is 53.9 Å². The van der Waals surface area contributed by atoms with Gasteiger partial charge < -0.3 is 19.9 Å². The Bertz CT molecular complexity index is 1300. The minimum absolute atomic E-state index is 0.156. The molecule has 0 radical (unpaired) electrons. The van der Waals surface area contributed by atoms with Crippen LogP contribution < -0.4 is 15.4 Å². The van der Waals surface area contributed by atoms with Crippen LogP contribution in [0.2, 0.25) is 5.02 Å². The van der Waals surface area contributed by atoms with E-state index >= 15 is 0 Å². The van der Waals surface area contributed by atoms with Crippen LogP contribution in [-0.2, 0) is 4.79 Å². The van der Waals surface area contributed by atoms with E-state index in [4.69, 9.17) is 21.3 Å². The standard InChI is InChI=1S/C24H25ClN8O2/c1-33-11-7-16(8-12-33)29-20-18(25)13-28-23-21(20)31-22(32-23)15-3-5-17(6-4-15)35-14-19(34)30-24-26-9-2-10-27-24/h2-6,9-10,13,16H,7-8,11-12,14H2,1H3,(H,26,27,30,34)(H2,28,29,31,32). The molecule has 3 N–H and O–H groups in total. The summed E-state index contributed by atoms with van der Waals surface area (Å²) in [5.74, 6) is 1.12. The number of H-pyrrole nitrogens is 1. The maximum atomic E-state index is 12.0. The van der Waals surface area contributed by atoms with Gasteiger partial charge in [-0.05, 0) is 63.3 Å². The second kappa shape index (κ2) is 10.2. The molecule has 10 nitrogen and oxygen atoms in total. The van der Waals surface area contributed by atoms with Crippen LogP contribution in [0.5, 0.6) is 5.75 Å². The molecule has 0 atom stereocenters. The van der Waals surface area contributed by atoms with Gasteiger partial charge in [-0.1, -0.05) is 11.6 Å². The summed E-state index contributed by atoms with van der Waals surface area (Å²) in [5, 5.41) is 6.71. The minimum atomic E-state index is -0.342. The highest BCUT2D eigenvalue weighted by atomic mass is 35.5. The monoisotopic (exact) mass is 492 g/mol. The summed E-state index contributed by atoms with van der Waals surface area (Å²) in [4.78, 5) is 34.7. The molecule has 1 aromatic carbocycles. The number of pyridine rings is 1. The Balaban J connectivity index is 1.26. The molecule has 5 rings (SSSR count). The van der Waals surface area contributed by atoms with E-state index in [1.54, 1.807) is 36.8 Å². The highest BCUT2D eigenvalue weighted by molar-refractivity contribution is 6.34. The molecule has 4 aromatic rings. The third-order valence-electron chi connectivity index (χ3n) is 5.85. The average molecular weight is 493 g/mol. The van der Waals surface area contributed by atoms with Gasteiger partial charge in [0.1, 0.15) is 17.1 Å². The Kier molecular flexibility index (Phi) is 6.73. The van der Waals surface area contributed by atoms with Gasteiger partial charge in [-0.15, -0.1) is 0 Å². The number of carbonyl (C=O) groups is 1. The number of carbonyl (C=O) groups excluding carboxylic acids is 1. The molecule has 1 fully saturated rings. The molecular formula is C24H25ClN8O2. The number of hydrogen-bond donors (Lipinski definition) is 3. The number of aromatic nitrogens is 5. The number of imidazole rings is 1. The van der Waals surface area contributed by atoms with Gasteiger partial charge >= 0.3 is 0 Å². The molecule has 1 aliphatic heterocycles. The molecule has 0 saturated carbocycles. The van der Waals surface area contributed by atoms with Crippen molar-refractivity contribution in [3.63, 3.8) is 0 Å². The van der Waals surface area contributed by atoms with Gasteiger partial charge in [0.2, 0.25) is 5.95 Å². The van der Waals surface area contributed by atoms with Crippen LogP contribution in [-0.4, -0.2) is 68.5 Å². The van der Waals surface area contributed by atoms with Crippen molar-refractivity contribution in [3.8, 4) is 17.1 Å². The predicted molar refractivity (Wildman–Crippen MR) is 135 cm³/mol. The van der Waals surface area contributed by atoms with Crippen LogP contribution in [0, 0.1) is 0 Å². The lowest BCUT2D eigenvalue weighted by Crippen LogP contribution is -2.36. The van der Waals surface area contributed by atoms with Crippen LogP contribution in [0.25, 0.3) is 22.6 Å². The molecule has 35 heavy (non-hydrogen) atoms. The van der Waals surface area contributed by atoms with Crippen molar-refractivity contribution in [2.75, 3.05) is 37.4 Å². The first-order valence-corrected chi connectivity index (χ1v) is 11.7. The molecule has 0 spiro atoms. The fourth-order valence-corrected chi connectivity index (χ4v) is 4.14. The first-order valence-electron chi connectivity index (χ1n) is 11.3. The van der Waals surface area contributed by atoms with E-state index in [2.05, 4.69) is 42.5 Å². The van der Waals surface area contributed by atoms with Crippen LogP contribution in [0.4, 0.5) is 11.6 Å². The average Bonchev–Trinajstić information content (AvgIpc) is 3.31. The van der Waals surface area contributed by atoms with Gasteiger partial charge in [0.15, 0.2) is 12.3 Å². The SMILES string of the molecule is CN1CCC(Nc2c(Cl)cnc3[nH]c(-c4ccc(OCC(=O)Nc5ncccn5)cc4)nc23)CC1. The third kappa shape index (κ3) is 5.50. The fraction of sp³-hybridized carbons (Fsp3) is 0.292. The molecule has 0 aliphatic carbocycles. The van der Waals surface area contributed by atoms with Crippen LogP contribution in [0.15, 0.2) is 48.9 Å². The van der Waals surface area contributed by atoms with Crippen molar-refractivity contribution >= 4 is 40.3 Å². The number of amides is 1. The number of rotatable bonds is 7. The van der Waals surface area contributed by atoms with Crippen LogP contribution in [0.1, 0.15) is 12.8 Å². The van der Waals surface area contributed by atoms with Crippen molar-refractivity contribution in [2.24, 2.45) is 0 Å². The number of benzene rings is 1. The number of aromatic amines is 1. The lowest BCUT2D eigenvalue weighted by Gasteiger charge is -2.30. The van der Waals surface area contributed by atoms with Crippen LogP contribution in [0.3, 0.4) is 0 Å². The Morgan fingerprint density at radius 2 is 1.91 bits per heavy atom. The Labute approximate surface area is 207 Å². The Hall–Kier alpha value is -3.76. The first kappa shape index (κ1) is 23.0. The summed E-state index contributed by atoms with van der Waals surface area (Å²) in [6.07, 6.45) is 6.85. The summed E-state index contributed by atoms with van der Waals surface area (Å²) in [6, 6.07) is 9.33. The summed E-state index contributed by atoms with van der Waals surface area (Å²) in [5.41, 5.74) is 3.05. The van der Waals surface area contributed by atoms with Crippen molar-refractivity contribution in [2.45, 2.75) is 18.9 Å². The maximum Gasteiger partial charge on any atom is 0.264 e. The largest absolute Gasteiger partial charge is 0.484 e. The number of hydrogen-bond acceptors (Lipinski definition) is 8. The number of halogens is 1. The highest BCUT2D eigenvalue weighted by Gasteiger charge is 2.20. The zero-order valence-electron chi connectivity index (χ0n) is 19.2. The second-order valence-electron chi connectivity index (χ2n) is 8.42. The molecule has 1 aliphatic rings. The van der Waals surface area contributed by atoms with Gasteiger partial charge in [-0.2, -0.15) is 0 Å². The molecule has 0 unspecified atom stereocenters. The van der Waals surface area contributed by atoms with Gasteiger partial charge in [0.05, 0.1) is 16.9 Å². The molecule has 1 saturated heterocycles. The van der Waals surface area contributed by atoms with Gasteiger partial charge in [0.25, 0.3) is 5.91 Å². The molecule has 3 aromatic heterocycles. The molecule has 0 bridgehead atoms. The van der Waals surface area contributed by atoms with E-state index in [1.807, 2.05) is 12.1 Å². The second-order valence-corrected chi connectivity index (χ2v) is 8.83. The maximum absolute atomic E-state index is 12.0. The van der Waals surface area contributed by atoms with Gasteiger partial charge in [-0.3, -0.25) is 10.1 Å². The summed E-state index contributed by atoms with van der Waals surface area (Å²) < 4.78 is 5.58. The Morgan fingerprint density at radius 3 is 2.66 bits per heavy atom. The van der Waals surface area contributed by atoms with E-state index in [-0.39, 0.29) is 18.5 Å². The van der Waals surface area contributed by atoms with E-state index < -0.39 is 0 Å². The van der Waals surface area contributed by atoms with Gasteiger partial charge in [-0.25, -0.2) is 19.9 Å². The quantitative estimate of drug-likeness (QED) is 0.358. The van der Waals surface area contributed by atoms with E-state index in [9.17, 15) is 4.79 Å². The fourth-order valence-electron chi connectivity index (χ4n) is 3.94. The zero-order chi connectivity index (χ0) is 24.2. The number of piperidine rings is 1. The van der Waals surface area contributed by atoms with Crippen molar-refractivity contribution in [1.82, 2.24) is 29.8 Å². The van der Waals surface area contributed by atoms with Crippen molar-refractivity contribution < 1.29 is 9.53 Å². The third-order valence-corrected chi connectivity index (χ3v) is 6.14. The van der Waals surface area contributed by atoms with Gasteiger partial charge in [0, 0.05) is 24.0 Å². The minimum Gasteiger partial charge on any atom is -0.484 e. The molecule has 1 amide bonds. The molecule has 11 heteroatoms. The molecule has 180 valence electrons. The lowest BCUT2D eigenvalue weighted by atomic mass is 10.1. The number of nitrogens with one attached hydrogen (secondary N) is 3. The smallest absolute Gasteiger partial charge is 0.264 e. The van der Waals surface area contributed by atoms with E-state index in [0.717, 1.165) is 37.2 Å². The molecule has 4 heterocycles. The highest BCUT2D eigenvalue weighted by Crippen LogP contribution is 2.32. The molecular weight excluding hydrogens is 468 g/mol. The summed E-state index contributed by atoms with van der Waals surface area (Å²) in [7, 11) is 2.14. The van der Waals surface area contributed by atoms with Crippen molar-refractivity contribution in [1.29, 1.82) is 0 Å². The Morgan fingerprint density at radius 1 is 1.17 bits per heavy atom. The van der Waals surface area contributed by atoms with E-state index in [1.165, 1.54) is 0 Å². The first-order chi connectivity index (χ1) is 17.0. The number of anilines is 2.